The first-order chi connectivity index (χ1) is 7.53. The molecule has 0 amide bonds. The van der Waals surface area contributed by atoms with Crippen LogP contribution in [0.5, 0.6) is 0 Å². The largest absolute Gasteiger partial charge is 0.323 e. The third kappa shape index (κ3) is 2.09. The van der Waals surface area contributed by atoms with Crippen molar-refractivity contribution in [1.29, 1.82) is 0 Å². The second-order valence-electron chi connectivity index (χ2n) is 5.00. The minimum absolute atomic E-state index is 0.0364. The van der Waals surface area contributed by atoms with E-state index in [-0.39, 0.29) is 17.3 Å². The molecule has 1 fully saturated rings. The van der Waals surface area contributed by atoms with Gasteiger partial charge in [-0.05, 0) is 30.4 Å². The van der Waals surface area contributed by atoms with Crippen LogP contribution in [0.15, 0.2) is 18.2 Å². The van der Waals surface area contributed by atoms with Crippen LogP contribution in [0.4, 0.5) is 4.39 Å². The average molecular weight is 242 g/mol. The summed E-state index contributed by atoms with van der Waals surface area (Å²) in [7, 11) is 0. The van der Waals surface area contributed by atoms with Crippen molar-refractivity contribution in [3.8, 4) is 0 Å². The highest BCUT2D eigenvalue weighted by Gasteiger charge is 2.36. The Kier molecular flexibility index (Phi) is 3.22. The summed E-state index contributed by atoms with van der Waals surface area (Å²) < 4.78 is 13.8. The van der Waals surface area contributed by atoms with Gasteiger partial charge < -0.3 is 5.73 Å². The molecule has 1 nitrogen and oxygen atoms in total. The summed E-state index contributed by atoms with van der Waals surface area (Å²) in [5.74, 6) is -0.284. The van der Waals surface area contributed by atoms with Crippen molar-refractivity contribution < 1.29 is 4.39 Å². The zero-order valence-electron chi connectivity index (χ0n) is 9.47. The number of halogens is 2. The first-order valence-corrected chi connectivity index (χ1v) is 6.11. The quantitative estimate of drug-likeness (QED) is 0.830. The molecular formula is C13H17ClFN. The Bertz CT molecular complexity index is 386. The summed E-state index contributed by atoms with van der Waals surface area (Å²) in [4.78, 5) is 0. The van der Waals surface area contributed by atoms with Gasteiger partial charge in [-0.2, -0.15) is 0 Å². The van der Waals surface area contributed by atoms with Crippen molar-refractivity contribution in [3.63, 3.8) is 0 Å². The van der Waals surface area contributed by atoms with Crippen molar-refractivity contribution in [3.05, 3.63) is 34.6 Å². The van der Waals surface area contributed by atoms with Gasteiger partial charge in [0.15, 0.2) is 0 Å². The third-order valence-corrected chi connectivity index (χ3v) is 4.03. The molecular weight excluding hydrogens is 225 g/mol. The molecule has 1 saturated carbocycles. The van der Waals surface area contributed by atoms with Gasteiger partial charge in [-0.3, -0.25) is 0 Å². The topological polar surface area (TPSA) is 26.0 Å². The van der Waals surface area contributed by atoms with E-state index >= 15 is 0 Å². The van der Waals surface area contributed by atoms with Crippen LogP contribution >= 0.6 is 11.6 Å². The highest BCUT2D eigenvalue weighted by Crippen LogP contribution is 2.46. The van der Waals surface area contributed by atoms with Gasteiger partial charge >= 0.3 is 0 Å². The lowest BCUT2D eigenvalue weighted by Gasteiger charge is -2.31. The Morgan fingerprint density at radius 2 is 2.00 bits per heavy atom. The fraction of sp³-hybridized carbons (Fsp3) is 0.538. The van der Waals surface area contributed by atoms with Gasteiger partial charge in [0.2, 0.25) is 0 Å². The molecule has 16 heavy (non-hydrogen) atoms. The molecule has 2 N–H and O–H groups in total. The molecule has 0 radical (unpaired) electrons. The maximum Gasteiger partial charge on any atom is 0.129 e. The summed E-state index contributed by atoms with van der Waals surface area (Å²) in [6, 6.07) is 4.53. The molecule has 0 aromatic heterocycles. The second-order valence-corrected chi connectivity index (χ2v) is 5.44. The lowest BCUT2D eigenvalue weighted by Crippen LogP contribution is -2.30. The third-order valence-electron chi connectivity index (χ3n) is 3.79. The van der Waals surface area contributed by atoms with Crippen LogP contribution in [0.1, 0.15) is 44.2 Å². The smallest absolute Gasteiger partial charge is 0.129 e. The standard InChI is InChI=1S/C13H17ClFN/c1-13(6-2-3-7-13)12(16)10-5-4-9(14)8-11(10)15/h4-5,8,12H,2-3,6-7,16H2,1H3. The fourth-order valence-corrected chi connectivity index (χ4v) is 2.78. The van der Waals surface area contributed by atoms with Crippen molar-refractivity contribution in [2.45, 2.75) is 38.6 Å². The number of rotatable bonds is 2. The molecule has 88 valence electrons. The molecule has 0 aliphatic heterocycles. The molecule has 1 aromatic rings. The molecule has 1 atom stereocenters. The van der Waals surface area contributed by atoms with Crippen LogP contribution in [-0.4, -0.2) is 0 Å². The Balaban J connectivity index is 2.29. The first kappa shape index (κ1) is 11.9. The minimum atomic E-state index is -0.284. The molecule has 0 spiro atoms. The van der Waals surface area contributed by atoms with Crippen LogP contribution < -0.4 is 5.73 Å². The summed E-state index contributed by atoms with van der Waals surface area (Å²) in [5.41, 5.74) is 6.83. The normalized spacial score (nSPS) is 21.0. The molecule has 3 heteroatoms. The van der Waals surface area contributed by atoms with E-state index in [9.17, 15) is 4.39 Å². The van der Waals surface area contributed by atoms with Crippen LogP contribution in [0.3, 0.4) is 0 Å². The van der Waals surface area contributed by atoms with Crippen LogP contribution in [0.2, 0.25) is 5.02 Å². The van der Waals surface area contributed by atoms with Gasteiger partial charge in [0.25, 0.3) is 0 Å². The highest BCUT2D eigenvalue weighted by molar-refractivity contribution is 6.30. The lowest BCUT2D eigenvalue weighted by atomic mass is 9.78. The zero-order chi connectivity index (χ0) is 11.8. The van der Waals surface area contributed by atoms with Crippen molar-refractivity contribution in [2.75, 3.05) is 0 Å². The van der Waals surface area contributed by atoms with E-state index in [1.54, 1.807) is 12.1 Å². The summed E-state index contributed by atoms with van der Waals surface area (Å²) in [6.45, 7) is 2.15. The van der Waals surface area contributed by atoms with Gasteiger partial charge in [-0.15, -0.1) is 0 Å². The monoisotopic (exact) mass is 241 g/mol. The van der Waals surface area contributed by atoms with Gasteiger partial charge in [0, 0.05) is 16.6 Å². The lowest BCUT2D eigenvalue weighted by molar-refractivity contribution is 0.260. The number of hydrogen-bond acceptors (Lipinski definition) is 1. The average Bonchev–Trinajstić information content (AvgIpc) is 2.66. The molecule has 0 bridgehead atoms. The maximum absolute atomic E-state index is 13.8. The van der Waals surface area contributed by atoms with E-state index in [0.717, 1.165) is 12.8 Å². The van der Waals surface area contributed by atoms with Crippen molar-refractivity contribution >= 4 is 11.6 Å². The van der Waals surface area contributed by atoms with Gasteiger partial charge in [0.1, 0.15) is 5.82 Å². The Morgan fingerprint density at radius 3 is 2.56 bits per heavy atom. The van der Waals surface area contributed by atoms with Gasteiger partial charge in [0.05, 0.1) is 0 Å². The summed E-state index contributed by atoms with van der Waals surface area (Å²) in [5, 5.41) is 0.421. The molecule has 1 aromatic carbocycles. The zero-order valence-corrected chi connectivity index (χ0v) is 10.2. The van der Waals surface area contributed by atoms with Crippen molar-refractivity contribution in [2.24, 2.45) is 11.1 Å². The van der Waals surface area contributed by atoms with Gasteiger partial charge in [-0.25, -0.2) is 4.39 Å². The minimum Gasteiger partial charge on any atom is -0.323 e. The van der Waals surface area contributed by atoms with Crippen molar-refractivity contribution in [1.82, 2.24) is 0 Å². The van der Waals surface area contributed by atoms with E-state index in [2.05, 4.69) is 6.92 Å². The second kappa shape index (κ2) is 4.34. The summed E-state index contributed by atoms with van der Waals surface area (Å²) >= 11 is 5.74. The van der Waals surface area contributed by atoms with Crippen LogP contribution in [0.25, 0.3) is 0 Å². The number of benzene rings is 1. The fourth-order valence-electron chi connectivity index (χ4n) is 2.62. The van der Waals surface area contributed by atoms with Crippen LogP contribution in [-0.2, 0) is 0 Å². The van der Waals surface area contributed by atoms with E-state index in [1.807, 2.05) is 0 Å². The molecule has 2 rings (SSSR count). The number of hydrogen-bond donors (Lipinski definition) is 1. The van der Waals surface area contributed by atoms with E-state index in [4.69, 9.17) is 17.3 Å². The SMILES string of the molecule is CC1(C(N)c2ccc(Cl)cc2F)CCCC1. The predicted octanol–water partition coefficient (Wildman–Crippen LogP) is 4.06. The molecule has 1 aliphatic rings. The molecule has 1 unspecified atom stereocenters. The molecule has 0 heterocycles. The Labute approximate surface area is 101 Å². The molecule has 0 saturated heterocycles. The number of nitrogens with two attached hydrogens (primary N) is 1. The van der Waals surface area contributed by atoms with Crippen LogP contribution in [0, 0.1) is 11.2 Å². The molecule has 1 aliphatic carbocycles. The Morgan fingerprint density at radius 1 is 1.38 bits per heavy atom. The van der Waals surface area contributed by atoms with Gasteiger partial charge in [-0.1, -0.05) is 37.4 Å². The first-order valence-electron chi connectivity index (χ1n) is 5.73. The van der Waals surface area contributed by atoms with E-state index in [1.165, 1.54) is 18.9 Å². The van der Waals surface area contributed by atoms with E-state index < -0.39 is 0 Å². The highest BCUT2D eigenvalue weighted by atomic mass is 35.5. The Hall–Kier alpha value is -0.600. The predicted molar refractivity (Wildman–Crippen MR) is 64.9 cm³/mol. The van der Waals surface area contributed by atoms with E-state index in [0.29, 0.717) is 10.6 Å². The maximum atomic E-state index is 13.8. The summed E-state index contributed by atoms with van der Waals surface area (Å²) in [6.07, 6.45) is 4.55.